The highest BCUT2D eigenvalue weighted by molar-refractivity contribution is 9.10. The van der Waals surface area contributed by atoms with Gasteiger partial charge in [0.1, 0.15) is 5.76 Å². The van der Waals surface area contributed by atoms with E-state index in [0.717, 1.165) is 32.7 Å². The lowest BCUT2D eigenvalue weighted by Crippen LogP contribution is -1.93. The van der Waals surface area contributed by atoms with Gasteiger partial charge in [0, 0.05) is 10.4 Å². The van der Waals surface area contributed by atoms with Gasteiger partial charge in [-0.25, -0.2) is 9.97 Å². The molecule has 5 rings (SSSR count). The maximum Gasteiger partial charge on any atom is 0.231 e. The number of imidazole rings is 1. The van der Waals surface area contributed by atoms with E-state index < -0.39 is 0 Å². The van der Waals surface area contributed by atoms with E-state index >= 15 is 0 Å². The number of hydrogen-bond donors (Lipinski definition) is 1. The van der Waals surface area contributed by atoms with Crippen molar-refractivity contribution in [2.45, 2.75) is 31.6 Å². The summed E-state index contributed by atoms with van der Waals surface area (Å²) in [5, 5.41) is 4.05. The Hall–Kier alpha value is -2.48. The standard InChI is InChI=1S/C17H14BrN5O2/c18-12-6-14-13(20-8-21-14)3-10(12)4-16-22-15(23-25-16)5-11-7-19-17(24-11)9-1-2-9/h3,6-9H,1-2,4-5H2,(H,20,21). The van der Waals surface area contributed by atoms with Crippen LogP contribution in [0.5, 0.6) is 0 Å². The zero-order chi connectivity index (χ0) is 16.8. The van der Waals surface area contributed by atoms with Gasteiger partial charge < -0.3 is 13.9 Å². The fourth-order valence-electron chi connectivity index (χ4n) is 2.81. The second kappa shape index (κ2) is 5.80. The molecule has 1 aliphatic carbocycles. The van der Waals surface area contributed by atoms with Crippen LogP contribution in [0.15, 0.2) is 38.1 Å². The van der Waals surface area contributed by atoms with Crippen molar-refractivity contribution in [3.63, 3.8) is 0 Å². The molecule has 0 unspecified atom stereocenters. The molecule has 0 spiro atoms. The molecule has 3 aromatic heterocycles. The number of oxazole rings is 1. The lowest BCUT2D eigenvalue weighted by atomic mass is 10.1. The van der Waals surface area contributed by atoms with E-state index in [0.29, 0.717) is 30.5 Å². The smallest absolute Gasteiger partial charge is 0.231 e. The first kappa shape index (κ1) is 14.8. The van der Waals surface area contributed by atoms with E-state index in [9.17, 15) is 0 Å². The number of H-pyrrole nitrogens is 1. The van der Waals surface area contributed by atoms with Gasteiger partial charge in [-0.3, -0.25) is 0 Å². The molecule has 1 fully saturated rings. The minimum atomic E-state index is 0.490. The third-order valence-corrected chi connectivity index (χ3v) is 5.01. The lowest BCUT2D eigenvalue weighted by Gasteiger charge is -2.01. The Morgan fingerprint density at radius 2 is 2.12 bits per heavy atom. The molecule has 25 heavy (non-hydrogen) atoms. The summed E-state index contributed by atoms with van der Waals surface area (Å²) in [6.45, 7) is 0. The predicted molar refractivity (Wildman–Crippen MR) is 92.2 cm³/mol. The Labute approximate surface area is 151 Å². The van der Waals surface area contributed by atoms with Crippen LogP contribution in [0.3, 0.4) is 0 Å². The van der Waals surface area contributed by atoms with Crippen molar-refractivity contribution >= 4 is 27.0 Å². The molecule has 7 nitrogen and oxygen atoms in total. The van der Waals surface area contributed by atoms with E-state index in [2.05, 4.69) is 41.0 Å². The van der Waals surface area contributed by atoms with Gasteiger partial charge in [0.15, 0.2) is 11.7 Å². The second-order valence-electron chi connectivity index (χ2n) is 6.26. The molecule has 0 bridgehead atoms. The summed E-state index contributed by atoms with van der Waals surface area (Å²) >= 11 is 3.58. The summed E-state index contributed by atoms with van der Waals surface area (Å²) < 4.78 is 12.1. The molecule has 3 heterocycles. The normalized spacial score (nSPS) is 14.4. The average Bonchev–Trinajstić information content (AvgIpc) is 2.98. The summed E-state index contributed by atoms with van der Waals surface area (Å²) in [6.07, 6.45) is 6.81. The van der Waals surface area contributed by atoms with Crippen LogP contribution in [0.1, 0.15) is 47.7 Å². The molecule has 0 amide bonds. The number of nitrogens with zero attached hydrogens (tertiary/aromatic N) is 4. The maximum absolute atomic E-state index is 5.75. The van der Waals surface area contributed by atoms with E-state index in [1.54, 1.807) is 12.5 Å². The van der Waals surface area contributed by atoms with Gasteiger partial charge in [-0.2, -0.15) is 4.98 Å². The van der Waals surface area contributed by atoms with Crippen molar-refractivity contribution < 1.29 is 8.94 Å². The molecule has 0 atom stereocenters. The van der Waals surface area contributed by atoms with E-state index in [4.69, 9.17) is 8.94 Å². The zero-order valence-electron chi connectivity index (χ0n) is 13.2. The molecule has 4 aromatic rings. The highest BCUT2D eigenvalue weighted by atomic mass is 79.9. The third kappa shape index (κ3) is 2.97. The maximum atomic E-state index is 5.75. The summed E-state index contributed by atoms with van der Waals surface area (Å²) in [4.78, 5) is 16.1. The number of benzene rings is 1. The van der Waals surface area contributed by atoms with E-state index in [1.807, 2.05) is 12.1 Å². The number of halogens is 1. The van der Waals surface area contributed by atoms with Crippen molar-refractivity contribution in [1.29, 1.82) is 0 Å². The SMILES string of the molecule is Brc1cc2nc[nH]c2cc1Cc1nc(Cc2cnc(C3CC3)o2)no1. The Kier molecular flexibility index (Phi) is 3.44. The highest BCUT2D eigenvalue weighted by Crippen LogP contribution is 2.39. The van der Waals surface area contributed by atoms with Gasteiger partial charge in [-0.15, -0.1) is 0 Å². The summed E-state index contributed by atoms with van der Waals surface area (Å²) in [5.41, 5.74) is 2.95. The molecule has 1 saturated carbocycles. The molecule has 1 aliphatic rings. The number of fused-ring (bicyclic) bond motifs is 1. The van der Waals surface area contributed by atoms with Crippen LogP contribution >= 0.6 is 15.9 Å². The van der Waals surface area contributed by atoms with Crippen LogP contribution in [-0.2, 0) is 12.8 Å². The molecule has 0 aliphatic heterocycles. The van der Waals surface area contributed by atoms with Crippen molar-refractivity contribution in [2.24, 2.45) is 0 Å². The number of rotatable bonds is 5. The Bertz CT molecular complexity index is 1050. The number of hydrogen-bond acceptors (Lipinski definition) is 6. The quantitative estimate of drug-likeness (QED) is 0.548. The summed E-state index contributed by atoms with van der Waals surface area (Å²) in [7, 11) is 0. The number of aromatic nitrogens is 5. The first-order chi connectivity index (χ1) is 12.2. The third-order valence-electron chi connectivity index (χ3n) is 4.27. The van der Waals surface area contributed by atoms with E-state index in [-0.39, 0.29) is 0 Å². The Balaban J connectivity index is 1.33. The van der Waals surface area contributed by atoms with Crippen molar-refractivity contribution in [3.8, 4) is 0 Å². The van der Waals surface area contributed by atoms with Crippen LogP contribution in [-0.4, -0.2) is 25.1 Å². The molecule has 0 saturated heterocycles. The lowest BCUT2D eigenvalue weighted by molar-refractivity contribution is 0.378. The number of nitrogens with one attached hydrogen (secondary N) is 1. The van der Waals surface area contributed by atoms with E-state index in [1.165, 1.54) is 12.8 Å². The van der Waals surface area contributed by atoms with Crippen LogP contribution in [0, 0.1) is 0 Å². The van der Waals surface area contributed by atoms with Gasteiger partial charge in [0.05, 0.1) is 36.4 Å². The van der Waals surface area contributed by atoms with Crippen molar-refractivity contribution in [2.75, 3.05) is 0 Å². The Morgan fingerprint density at radius 3 is 3.00 bits per heavy atom. The first-order valence-corrected chi connectivity index (χ1v) is 8.91. The first-order valence-electron chi connectivity index (χ1n) is 8.12. The molecule has 1 N–H and O–H groups in total. The fraction of sp³-hybridized carbons (Fsp3) is 0.294. The fourth-order valence-corrected chi connectivity index (χ4v) is 3.28. The molecule has 0 radical (unpaired) electrons. The molecule has 8 heteroatoms. The van der Waals surface area contributed by atoms with Gasteiger partial charge in [0.2, 0.25) is 5.89 Å². The largest absolute Gasteiger partial charge is 0.445 e. The van der Waals surface area contributed by atoms with Crippen molar-refractivity contribution in [1.82, 2.24) is 25.1 Å². The van der Waals surface area contributed by atoms with Crippen molar-refractivity contribution in [3.05, 3.63) is 58.1 Å². The second-order valence-corrected chi connectivity index (χ2v) is 7.11. The Morgan fingerprint density at radius 1 is 1.20 bits per heavy atom. The number of aromatic amines is 1. The van der Waals surface area contributed by atoms with Crippen LogP contribution in [0.4, 0.5) is 0 Å². The van der Waals surface area contributed by atoms with Gasteiger partial charge >= 0.3 is 0 Å². The molecule has 1 aromatic carbocycles. The molecule has 126 valence electrons. The van der Waals surface area contributed by atoms with Gasteiger partial charge in [-0.05, 0) is 30.5 Å². The van der Waals surface area contributed by atoms with Gasteiger partial charge in [0.25, 0.3) is 0 Å². The minimum absolute atomic E-state index is 0.490. The minimum Gasteiger partial charge on any atom is -0.445 e. The monoisotopic (exact) mass is 399 g/mol. The highest BCUT2D eigenvalue weighted by Gasteiger charge is 2.28. The summed E-state index contributed by atoms with van der Waals surface area (Å²) in [6, 6.07) is 4.01. The molecular weight excluding hydrogens is 386 g/mol. The van der Waals surface area contributed by atoms with Crippen LogP contribution in [0.25, 0.3) is 11.0 Å². The van der Waals surface area contributed by atoms with Crippen LogP contribution in [0.2, 0.25) is 0 Å². The van der Waals surface area contributed by atoms with Gasteiger partial charge in [-0.1, -0.05) is 21.1 Å². The average molecular weight is 400 g/mol. The molecular formula is C17H14BrN5O2. The van der Waals surface area contributed by atoms with Crippen LogP contribution < -0.4 is 0 Å². The summed E-state index contributed by atoms with van der Waals surface area (Å²) in [5.74, 6) is 3.28. The predicted octanol–water partition coefficient (Wildman–Crippen LogP) is 3.76. The topological polar surface area (TPSA) is 93.6 Å². The zero-order valence-corrected chi connectivity index (χ0v) is 14.8.